The predicted molar refractivity (Wildman–Crippen MR) is 85.2 cm³/mol. The van der Waals surface area contributed by atoms with E-state index in [2.05, 4.69) is 33.9 Å². The lowest BCUT2D eigenvalue weighted by Crippen LogP contribution is -2.28. The van der Waals surface area contributed by atoms with Gasteiger partial charge in [0.15, 0.2) is 5.17 Å². The van der Waals surface area contributed by atoms with Crippen LogP contribution in [0.25, 0.3) is 0 Å². The van der Waals surface area contributed by atoms with Crippen molar-refractivity contribution in [2.24, 2.45) is 4.99 Å². The van der Waals surface area contributed by atoms with Gasteiger partial charge >= 0.3 is 0 Å². The maximum Gasteiger partial charge on any atom is 0.160 e. The molecule has 1 saturated heterocycles. The summed E-state index contributed by atoms with van der Waals surface area (Å²) in [6, 6.07) is 10.4. The summed E-state index contributed by atoms with van der Waals surface area (Å²) in [4.78, 5) is 16.2. The zero-order valence-corrected chi connectivity index (χ0v) is 12.6. The fourth-order valence-electron chi connectivity index (χ4n) is 3.03. The summed E-state index contributed by atoms with van der Waals surface area (Å²) in [6.45, 7) is 3.29. The first-order valence-electron chi connectivity index (χ1n) is 7.15. The van der Waals surface area contributed by atoms with Crippen LogP contribution in [0.2, 0.25) is 0 Å². The van der Waals surface area contributed by atoms with Crippen LogP contribution in [0, 0.1) is 0 Å². The van der Waals surface area contributed by atoms with E-state index in [-0.39, 0.29) is 12.1 Å². The predicted octanol–water partition coefficient (Wildman–Crippen LogP) is 3.07. The molecule has 0 spiro atoms. The maximum atomic E-state index is 4.94. The van der Waals surface area contributed by atoms with E-state index in [1.165, 1.54) is 5.56 Å². The fourth-order valence-corrected chi connectivity index (χ4v) is 4.12. The van der Waals surface area contributed by atoms with Gasteiger partial charge in [-0.2, -0.15) is 0 Å². The van der Waals surface area contributed by atoms with Crippen LogP contribution in [-0.2, 0) is 0 Å². The summed E-state index contributed by atoms with van der Waals surface area (Å²) < 4.78 is 0. The Kier molecular flexibility index (Phi) is 3.15. The van der Waals surface area contributed by atoms with Crippen LogP contribution in [0.1, 0.15) is 30.3 Å². The number of aromatic nitrogens is 2. The molecule has 0 unspecified atom stereocenters. The summed E-state index contributed by atoms with van der Waals surface area (Å²) in [6.07, 6.45) is 5.61. The van der Waals surface area contributed by atoms with E-state index in [1.54, 1.807) is 0 Å². The number of pyridine rings is 2. The van der Waals surface area contributed by atoms with Gasteiger partial charge in [0.05, 0.1) is 11.7 Å². The minimum Gasteiger partial charge on any atom is -0.341 e. The van der Waals surface area contributed by atoms with Crippen molar-refractivity contribution >= 4 is 16.9 Å². The van der Waals surface area contributed by atoms with E-state index in [1.807, 2.05) is 48.6 Å². The molecule has 0 bridgehead atoms. The molecule has 0 aliphatic carbocycles. The fraction of sp³-hybridized carbons (Fsp3) is 0.312. The van der Waals surface area contributed by atoms with E-state index >= 15 is 0 Å². The summed E-state index contributed by atoms with van der Waals surface area (Å²) in [7, 11) is 0. The lowest BCUT2D eigenvalue weighted by Gasteiger charge is -2.26. The molecule has 1 fully saturated rings. The van der Waals surface area contributed by atoms with Gasteiger partial charge in [0.1, 0.15) is 6.04 Å². The van der Waals surface area contributed by atoms with E-state index < -0.39 is 0 Å². The molecular formula is C16H16N4S. The lowest BCUT2D eigenvalue weighted by atomic mass is 9.98. The number of aliphatic imine (C=N–C) groups is 1. The Morgan fingerprint density at radius 1 is 1.19 bits per heavy atom. The highest BCUT2D eigenvalue weighted by molar-refractivity contribution is 8.14. The second-order valence-electron chi connectivity index (χ2n) is 5.42. The standard InChI is InChI=1S/C16H16N4S/c1-11-10-20-15(12-5-4-7-17-9-12)14(19-16(20)21-11)13-6-2-3-8-18-13/h2-9,11,14-15H,10H2,1H3/t11-,14+,15+/m1/s1. The third-order valence-electron chi connectivity index (χ3n) is 3.91. The molecule has 2 aromatic rings. The van der Waals surface area contributed by atoms with Crippen molar-refractivity contribution in [3.63, 3.8) is 0 Å². The van der Waals surface area contributed by atoms with Gasteiger partial charge in [-0.25, -0.2) is 0 Å². The van der Waals surface area contributed by atoms with Gasteiger partial charge in [-0.3, -0.25) is 15.0 Å². The number of nitrogens with zero attached hydrogens (tertiary/aromatic N) is 4. The van der Waals surface area contributed by atoms with Crippen LogP contribution >= 0.6 is 11.8 Å². The molecule has 0 aromatic carbocycles. The van der Waals surface area contributed by atoms with Gasteiger partial charge < -0.3 is 4.90 Å². The minimum atomic E-state index is 0.0606. The molecule has 5 heteroatoms. The third kappa shape index (κ3) is 2.21. The SMILES string of the molecule is C[C@@H]1CN2C(=N[C@@H](c3ccccn3)[C@@H]2c2cccnc2)S1. The van der Waals surface area contributed by atoms with Gasteiger partial charge in [0.2, 0.25) is 0 Å². The quantitative estimate of drug-likeness (QED) is 0.854. The topological polar surface area (TPSA) is 41.4 Å². The van der Waals surface area contributed by atoms with Crippen molar-refractivity contribution in [2.45, 2.75) is 24.3 Å². The molecule has 0 N–H and O–H groups in total. The average molecular weight is 296 g/mol. The van der Waals surface area contributed by atoms with Crippen molar-refractivity contribution in [2.75, 3.05) is 6.54 Å². The first-order valence-corrected chi connectivity index (χ1v) is 8.03. The minimum absolute atomic E-state index is 0.0606. The molecule has 0 radical (unpaired) electrons. The molecule has 0 amide bonds. The van der Waals surface area contributed by atoms with Gasteiger partial charge in [-0.1, -0.05) is 30.8 Å². The number of amidine groups is 1. The van der Waals surface area contributed by atoms with Crippen molar-refractivity contribution < 1.29 is 0 Å². The molecule has 0 saturated carbocycles. The Balaban J connectivity index is 1.77. The van der Waals surface area contributed by atoms with E-state index in [0.29, 0.717) is 5.25 Å². The Labute approximate surface area is 128 Å². The van der Waals surface area contributed by atoms with Crippen LogP contribution in [-0.4, -0.2) is 31.8 Å². The summed E-state index contributed by atoms with van der Waals surface area (Å²) >= 11 is 1.86. The van der Waals surface area contributed by atoms with Gasteiger partial charge in [0, 0.05) is 30.4 Å². The van der Waals surface area contributed by atoms with Gasteiger partial charge in [-0.05, 0) is 23.8 Å². The third-order valence-corrected chi connectivity index (χ3v) is 5.01. The van der Waals surface area contributed by atoms with Crippen molar-refractivity contribution in [1.82, 2.24) is 14.9 Å². The van der Waals surface area contributed by atoms with E-state index in [4.69, 9.17) is 4.99 Å². The van der Waals surface area contributed by atoms with Gasteiger partial charge in [-0.15, -0.1) is 0 Å². The molecule has 3 atom stereocenters. The summed E-state index contributed by atoms with van der Waals surface area (Å²) in [5, 5.41) is 1.74. The lowest BCUT2D eigenvalue weighted by molar-refractivity contribution is 0.320. The highest BCUT2D eigenvalue weighted by atomic mass is 32.2. The number of rotatable bonds is 2. The highest BCUT2D eigenvalue weighted by Gasteiger charge is 2.43. The Hall–Kier alpha value is -1.88. The van der Waals surface area contributed by atoms with Crippen molar-refractivity contribution in [3.05, 3.63) is 60.2 Å². The van der Waals surface area contributed by atoms with Crippen LogP contribution in [0.15, 0.2) is 53.9 Å². The molecule has 4 nitrogen and oxygen atoms in total. The monoisotopic (exact) mass is 296 g/mol. The first-order chi connectivity index (χ1) is 10.3. The Bertz CT molecular complexity index is 658. The zero-order chi connectivity index (χ0) is 14.2. The second kappa shape index (κ2) is 5.15. The number of hydrogen-bond acceptors (Lipinski definition) is 5. The molecule has 4 rings (SSSR count). The highest BCUT2D eigenvalue weighted by Crippen LogP contribution is 2.47. The van der Waals surface area contributed by atoms with E-state index in [0.717, 1.165) is 17.4 Å². The van der Waals surface area contributed by atoms with Crippen LogP contribution in [0.4, 0.5) is 0 Å². The smallest absolute Gasteiger partial charge is 0.160 e. The normalized spacial score (nSPS) is 27.6. The zero-order valence-electron chi connectivity index (χ0n) is 11.8. The molecule has 2 aromatic heterocycles. The summed E-state index contributed by atoms with van der Waals surface area (Å²) in [5.74, 6) is 0. The molecule has 4 heterocycles. The van der Waals surface area contributed by atoms with E-state index in [9.17, 15) is 0 Å². The van der Waals surface area contributed by atoms with Crippen LogP contribution < -0.4 is 0 Å². The van der Waals surface area contributed by atoms with Crippen LogP contribution in [0.3, 0.4) is 0 Å². The maximum absolute atomic E-state index is 4.94. The number of thioether (sulfide) groups is 1. The Morgan fingerprint density at radius 2 is 2.14 bits per heavy atom. The molecule has 106 valence electrons. The van der Waals surface area contributed by atoms with Crippen LogP contribution in [0.5, 0.6) is 0 Å². The summed E-state index contributed by atoms with van der Waals surface area (Å²) in [5.41, 5.74) is 2.24. The molecule has 2 aliphatic heterocycles. The number of fused-ring (bicyclic) bond motifs is 1. The molecule has 21 heavy (non-hydrogen) atoms. The second-order valence-corrected chi connectivity index (χ2v) is 6.83. The van der Waals surface area contributed by atoms with Gasteiger partial charge in [0.25, 0.3) is 0 Å². The Morgan fingerprint density at radius 3 is 2.90 bits per heavy atom. The largest absolute Gasteiger partial charge is 0.341 e. The number of hydrogen-bond donors (Lipinski definition) is 0. The first kappa shape index (κ1) is 12.8. The van der Waals surface area contributed by atoms with Crippen molar-refractivity contribution in [3.8, 4) is 0 Å². The van der Waals surface area contributed by atoms with Crippen molar-refractivity contribution in [1.29, 1.82) is 0 Å². The molecular weight excluding hydrogens is 280 g/mol. The average Bonchev–Trinajstić information content (AvgIpc) is 3.05. The molecule has 2 aliphatic rings.